The number of amides is 1. The molecule has 1 N–H and O–H groups in total. The Morgan fingerprint density at radius 3 is 2.77 bits per heavy atom. The molecular weight excluding hydrogens is 320 g/mol. The molecule has 3 rings (SSSR count). The summed E-state index contributed by atoms with van der Waals surface area (Å²) in [7, 11) is 1.64. The number of rotatable bonds is 4. The van der Waals surface area contributed by atoms with Crippen LogP contribution in [-0.4, -0.2) is 18.0 Å². The number of fused-ring (bicyclic) bond motifs is 1. The molecule has 0 saturated heterocycles. The van der Waals surface area contributed by atoms with Gasteiger partial charge in [0, 0.05) is 17.7 Å². The van der Waals surface area contributed by atoms with Crippen LogP contribution in [0.25, 0.3) is 10.2 Å². The van der Waals surface area contributed by atoms with Gasteiger partial charge in [-0.1, -0.05) is 35.1 Å². The predicted molar refractivity (Wildman–Crippen MR) is 89.7 cm³/mol. The summed E-state index contributed by atoms with van der Waals surface area (Å²) in [5.41, 5.74) is 2.42. The van der Waals surface area contributed by atoms with Gasteiger partial charge in [0.25, 0.3) is 5.91 Å². The van der Waals surface area contributed by atoms with E-state index in [2.05, 4.69) is 10.3 Å². The Morgan fingerprint density at radius 1 is 1.27 bits per heavy atom. The van der Waals surface area contributed by atoms with Crippen molar-refractivity contribution in [2.75, 3.05) is 12.4 Å². The van der Waals surface area contributed by atoms with Gasteiger partial charge in [-0.2, -0.15) is 0 Å². The molecule has 1 heterocycles. The molecule has 2 aromatic carbocycles. The number of ether oxygens (including phenoxy) is 1. The average molecular weight is 333 g/mol. The van der Waals surface area contributed by atoms with Crippen LogP contribution in [0.5, 0.6) is 0 Å². The minimum Gasteiger partial charge on any atom is -0.380 e. The van der Waals surface area contributed by atoms with Gasteiger partial charge in [0.2, 0.25) is 0 Å². The fourth-order valence-corrected chi connectivity index (χ4v) is 3.18. The van der Waals surface area contributed by atoms with Crippen molar-refractivity contribution in [3.8, 4) is 0 Å². The molecule has 0 radical (unpaired) electrons. The third-order valence-electron chi connectivity index (χ3n) is 3.10. The highest BCUT2D eigenvalue weighted by molar-refractivity contribution is 7.22. The molecule has 0 saturated carbocycles. The van der Waals surface area contributed by atoms with E-state index in [-0.39, 0.29) is 5.91 Å². The second kappa shape index (κ2) is 6.44. The second-order valence-electron chi connectivity index (χ2n) is 4.72. The monoisotopic (exact) mass is 332 g/mol. The minimum absolute atomic E-state index is 0.186. The molecular formula is C16H13ClN2O2S. The zero-order chi connectivity index (χ0) is 15.5. The van der Waals surface area contributed by atoms with Crippen LogP contribution in [0, 0.1) is 0 Å². The Morgan fingerprint density at radius 2 is 2.05 bits per heavy atom. The smallest absolute Gasteiger partial charge is 0.257 e. The number of benzene rings is 2. The maximum Gasteiger partial charge on any atom is 0.257 e. The number of nitrogens with one attached hydrogen (secondary N) is 1. The molecule has 0 fully saturated rings. The molecule has 4 nitrogen and oxygen atoms in total. The fraction of sp³-hybridized carbons (Fsp3) is 0.125. The molecule has 3 aromatic rings. The van der Waals surface area contributed by atoms with Gasteiger partial charge in [-0.3, -0.25) is 10.1 Å². The van der Waals surface area contributed by atoms with E-state index in [4.69, 9.17) is 16.3 Å². The van der Waals surface area contributed by atoms with Crippen molar-refractivity contribution in [3.05, 3.63) is 58.6 Å². The van der Waals surface area contributed by atoms with Gasteiger partial charge in [-0.15, -0.1) is 0 Å². The summed E-state index contributed by atoms with van der Waals surface area (Å²) in [5.74, 6) is -0.186. The number of nitrogens with zero attached hydrogens (tertiary/aromatic N) is 1. The van der Waals surface area contributed by atoms with E-state index in [1.165, 1.54) is 11.3 Å². The lowest BCUT2D eigenvalue weighted by Crippen LogP contribution is -2.11. The van der Waals surface area contributed by atoms with Gasteiger partial charge in [-0.05, 0) is 35.9 Å². The maximum atomic E-state index is 12.2. The van der Waals surface area contributed by atoms with Crippen LogP contribution >= 0.6 is 22.9 Å². The molecule has 0 aliphatic heterocycles. The van der Waals surface area contributed by atoms with Crippen molar-refractivity contribution < 1.29 is 9.53 Å². The lowest BCUT2D eigenvalue weighted by molar-refractivity contribution is 0.102. The van der Waals surface area contributed by atoms with E-state index in [1.807, 2.05) is 24.3 Å². The largest absolute Gasteiger partial charge is 0.380 e. The highest BCUT2D eigenvalue weighted by Crippen LogP contribution is 2.28. The van der Waals surface area contributed by atoms with E-state index >= 15 is 0 Å². The quantitative estimate of drug-likeness (QED) is 0.772. The minimum atomic E-state index is -0.186. The summed E-state index contributed by atoms with van der Waals surface area (Å²) >= 11 is 7.35. The third-order valence-corrected chi connectivity index (χ3v) is 4.27. The summed E-state index contributed by atoms with van der Waals surface area (Å²) < 4.78 is 5.99. The van der Waals surface area contributed by atoms with Gasteiger partial charge in [0.15, 0.2) is 5.13 Å². The molecule has 0 bridgehead atoms. The predicted octanol–water partition coefficient (Wildman–Crippen LogP) is 4.35. The van der Waals surface area contributed by atoms with Crippen molar-refractivity contribution in [2.45, 2.75) is 6.61 Å². The highest BCUT2D eigenvalue weighted by atomic mass is 35.5. The van der Waals surface area contributed by atoms with Crippen LogP contribution in [0.3, 0.4) is 0 Å². The molecule has 0 aliphatic rings. The molecule has 0 atom stereocenters. The first-order valence-corrected chi connectivity index (χ1v) is 7.80. The zero-order valence-corrected chi connectivity index (χ0v) is 13.4. The van der Waals surface area contributed by atoms with E-state index in [9.17, 15) is 4.79 Å². The molecule has 1 amide bonds. The number of aromatic nitrogens is 1. The van der Waals surface area contributed by atoms with Crippen LogP contribution in [0.2, 0.25) is 5.02 Å². The molecule has 22 heavy (non-hydrogen) atoms. The van der Waals surface area contributed by atoms with E-state index in [1.54, 1.807) is 25.3 Å². The summed E-state index contributed by atoms with van der Waals surface area (Å²) in [6, 6.07) is 12.7. The standard InChI is InChI=1S/C16H13ClN2O2S/c1-21-9-10-2-4-11(5-3-10)15(20)19-16-18-13-7-6-12(17)8-14(13)22-16/h2-8H,9H2,1H3,(H,18,19,20). The first-order valence-electron chi connectivity index (χ1n) is 6.61. The fourth-order valence-electron chi connectivity index (χ4n) is 2.04. The van der Waals surface area contributed by atoms with Crippen molar-refractivity contribution >= 4 is 44.2 Å². The Balaban J connectivity index is 1.77. The van der Waals surface area contributed by atoms with Crippen LogP contribution in [0.15, 0.2) is 42.5 Å². The maximum absolute atomic E-state index is 12.2. The van der Waals surface area contributed by atoms with Crippen molar-refractivity contribution in [1.29, 1.82) is 0 Å². The van der Waals surface area contributed by atoms with Gasteiger partial charge >= 0.3 is 0 Å². The lowest BCUT2D eigenvalue weighted by Gasteiger charge is -2.03. The first kappa shape index (κ1) is 15.0. The molecule has 0 aliphatic carbocycles. The molecule has 112 valence electrons. The lowest BCUT2D eigenvalue weighted by atomic mass is 10.1. The zero-order valence-electron chi connectivity index (χ0n) is 11.8. The van der Waals surface area contributed by atoms with E-state index in [0.717, 1.165) is 15.8 Å². The number of carbonyl (C=O) groups is 1. The number of hydrogen-bond donors (Lipinski definition) is 1. The Labute approximate surface area is 136 Å². The van der Waals surface area contributed by atoms with Crippen LogP contribution < -0.4 is 5.32 Å². The molecule has 6 heteroatoms. The average Bonchev–Trinajstić information content (AvgIpc) is 2.89. The van der Waals surface area contributed by atoms with E-state index in [0.29, 0.717) is 22.3 Å². The van der Waals surface area contributed by atoms with Crippen LogP contribution in [-0.2, 0) is 11.3 Å². The number of methoxy groups -OCH3 is 1. The van der Waals surface area contributed by atoms with Crippen molar-refractivity contribution in [2.24, 2.45) is 0 Å². The van der Waals surface area contributed by atoms with Crippen molar-refractivity contribution in [3.63, 3.8) is 0 Å². The normalized spacial score (nSPS) is 10.8. The summed E-state index contributed by atoms with van der Waals surface area (Å²) in [4.78, 5) is 16.6. The number of anilines is 1. The van der Waals surface area contributed by atoms with Gasteiger partial charge in [0.05, 0.1) is 16.8 Å². The SMILES string of the molecule is COCc1ccc(C(=O)Nc2nc3ccc(Cl)cc3s2)cc1. The Kier molecular flexibility index (Phi) is 4.38. The van der Waals surface area contributed by atoms with Gasteiger partial charge < -0.3 is 4.74 Å². The summed E-state index contributed by atoms with van der Waals surface area (Å²) in [6.45, 7) is 0.528. The summed E-state index contributed by atoms with van der Waals surface area (Å²) in [5, 5.41) is 4.03. The van der Waals surface area contributed by atoms with Crippen molar-refractivity contribution in [1.82, 2.24) is 4.98 Å². The number of carbonyl (C=O) groups excluding carboxylic acids is 1. The third kappa shape index (κ3) is 3.27. The molecule has 0 spiro atoms. The Bertz CT molecular complexity index is 815. The van der Waals surface area contributed by atoms with Crippen LogP contribution in [0.4, 0.5) is 5.13 Å². The van der Waals surface area contributed by atoms with Crippen LogP contribution in [0.1, 0.15) is 15.9 Å². The van der Waals surface area contributed by atoms with E-state index < -0.39 is 0 Å². The molecule has 0 unspecified atom stereocenters. The highest BCUT2D eigenvalue weighted by Gasteiger charge is 2.10. The van der Waals surface area contributed by atoms with Gasteiger partial charge in [0.1, 0.15) is 0 Å². The Hall–Kier alpha value is -1.95. The molecule has 1 aromatic heterocycles. The second-order valence-corrected chi connectivity index (χ2v) is 6.18. The number of thiazole rings is 1. The number of hydrogen-bond acceptors (Lipinski definition) is 4. The number of halogens is 1. The topological polar surface area (TPSA) is 51.2 Å². The van der Waals surface area contributed by atoms with Gasteiger partial charge in [-0.25, -0.2) is 4.98 Å². The first-order chi connectivity index (χ1) is 10.7. The summed E-state index contributed by atoms with van der Waals surface area (Å²) in [6.07, 6.45) is 0.